The third-order valence-corrected chi connectivity index (χ3v) is 6.46. The van der Waals surface area contributed by atoms with Crippen LogP contribution in [0.4, 0.5) is 4.79 Å². The van der Waals surface area contributed by atoms with E-state index in [1.54, 1.807) is 4.90 Å². The number of hydrogen-bond acceptors (Lipinski definition) is 6. The van der Waals surface area contributed by atoms with Gasteiger partial charge in [-0.1, -0.05) is 30.3 Å². The summed E-state index contributed by atoms with van der Waals surface area (Å²) in [5, 5.41) is 0. The van der Waals surface area contributed by atoms with Crippen LogP contribution in [0.3, 0.4) is 0 Å². The first-order valence-electron chi connectivity index (χ1n) is 11.1. The number of rotatable bonds is 6. The quantitative estimate of drug-likeness (QED) is 0.604. The molecule has 2 aliphatic rings. The second-order valence-electron chi connectivity index (χ2n) is 9.59. The second kappa shape index (κ2) is 9.88. The average Bonchev–Trinajstić information content (AvgIpc) is 3.07. The smallest absolute Gasteiger partial charge is 0.410 e. The van der Waals surface area contributed by atoms with E-state index in [0.29, 0.717) is 18.9 Å². The van der Waals surface area contributed by atoms with E-state index in [1.807, 2.05) is 26.8 Å². The maximum Gasteiger partial charge on any atom is 0.410 e. The van der Waals surface area contributed by atoms with Gasteiger partial charge in [-0.25, -0.2) is 4.79 Å². The fraction of sp³-hybridized carbons (Fsp3) is 0.696. The first kappa shape index (κ1) is 24.0. The SMILES string of the molecule is CC(C)(C)OC(=O)N1CC[C@@H](OS(C)(=O)=O)[C@@H]1COC1CCC(c2ccccc2)CC1. The van der Waals surface area contributed by atoms with Crippen molar-refractivity contribution in [1.82, 2.24) is 4.90 Å². The first-order chi connectivity index (χ1) is 14.5. The summed E-state index contributed by atoms with van der Waals surface area (Å²) in [5.74, 6) is 0.548. The molecule has 31 heavy (non-hydrogen) atoms. The highest BCUT2D eigenvalue weighted by Gasteiger charge is 2.42. The molecule has 1 aromatic carbocycles. The van der Waals surface area contributed by atoms with Crippen LogP contribution in [0.1, 0.15) is 64.4 Å². The molecule has 1 aliphatic carbocycles. The summed E-state index contributed by atoms with van der Waals surface area (Å²) >= 11 is 0. The molecule has 0 spiro atoms. The molecule has 8 heteroatoms. The molecule has 2 atom stereocenters. The summed E-state index contributed by atoms with van der Waals surface area (Å²) in [6, 6.07) is 10.0. The molecule has 2 fully saturated rings. The van der Waals surface area contributed by atoms with Crippen LogP contribution in [0.5, 0.6) is 0 Å². The lowest BCUT2D eigenvalue weighted by Crippen LogP contribution is -2.46. The molecule has 0 radical (unpaired) electrons. The van der Waals surface area contributed by atoms with E-state index in [1.165, 1.54) is 5.56 Å². The highest BCUT2D eigenvalue weighted by molar-refractivity contribution is 7.86. The summed E-state index contributed by atoms with van der Waals surface area (Å²) in [4.78, 5) is 14.2. The van der Waals surface area contributed by atoms with Crippen molar-refractivity contribution in [2.24, 2.45) is 0 Å². The van der Waals surface area contributed by atoms with Gasteiger partial charge in [-0.2, -0.15) is 8.42 Å². The van der Waals surface area contributed by atoms with Gasteiger partial charge in [0.15, 0.2) is 0 Å². The molecule has 3 rings (SSSR count). The third-order valence-electron chi connectivity index (χ3n) is 5.86. The van der Waals surface area contributed by atoms with Crippen molar-refractivity contribution in [3.05, 3.63) is 35.9 Å². The van der Waals surface area contributed by atoms with Crippen LogP contribution in [0.25, 0.3) is 0 Å². The Morgan fingerprint density at radius 2 is 1.71 bits per heavy atom. The minimum absolute atomic E-state index is 0.0972. The molecule has 1 saturated heterocycles. The Kier molecular flexibility index (Phi) is 7.65. The molecular weight excluding hydrogens is 418 g/mol. The van der Waals surface area contributed by atoms with E-state index in [-0.39, 0.29) is 12.7 Å². The number of nitrogens with zero attached hydrogens (tertiary/aromatic N) is 1. The number of ether oxygens (including phenoxy) is 2. The van der Waals surface area contributed by atoms with Crippen molar-refractivity contribution in [1.29, 1.82) is 0 Å². The van der Waals surface area contributed by atoms with E-state index in [2.05, 4.69) is 24.3 Å². The topological polar surface area (TPSA) is 82.1 Å². The molecule has 0 unspecified atom stereocenters. The van der Waals surface area contributed by atoms with Gasteiger partial charge in [-0.3, -0.25) is 4.18 Å². The van der Waals surface area contributed by atoms with Gasteiger partial charge in [0.25, 0.3) is 10.1 Å². The third kappa shape index (κ3) is 7.19. The zero-order valence-electron chi connectivity index (χ0n) is 19.0. The molecule has 1 amide bonds. The van der Waals surface area contributed by atoms with Crippen molar-refractivity contribution < 1.29 is 26.9 Å². The molecule has 1 saturated carbocycles. The van der Waals surface area contributed by atoms with Crippen LogP contribution in [0.15, 0.2) is 30.3 Å². The average molecular weight is 454 g/mol. The zero-order chi connectivity index (χ0) is 22.6. The monoisotopic (exact) mass is 453 g/mol. The molecule has 174 valence electrons. The van der Waals surface area contributed by atoms with Gasteiger partial charge in [0.1, 0.15) is 11.7 Å². The molecule has 1 heterocycles. The van der Waals surface area contributed by atoms with E-state index in [9.17, 15) is 13.2 Å². The minimum Gasteiger partial charge on any atom is -0.444 e. The van der Waals surface area contributed by atoms with Crippen molar-refractivity contribution in [3.8, 4) is 0 Å². The standard InChI is InChI=1S/C23H35NO6S/c1-23(2,3)29-22(25)24-15-14-21(30-31(4,26)27)20(24)16-28-19-12-10-18(11-13-19)17-8-6-5-7-9-17/h5-9,18-21H,10-16H2,1-4H3/t18?,19?,20-,21+/m0/s1. The van der Waals surface area contributed by atoms with Gasteiger partial charge < -0.3 is 14.4 Å². The first-order valence-corrected chi connectivity index (χ1v) is 12.9. The predicted molar refractivity (Wildman–Crippen MR) is 118 cm³/mol. The Balaban J connectivity index is 1.59. The van der Waals surface area contributed by atoms with Crippen LogP contribution in [0, 0.1) is 0 Å². The van der Waals surface area contributed by atoms with E-state index in [0.717, 1.165) is 31.9 Å². The predicted octanol–water partition coefficient (Wildman–Crippen LogP) is 4.08. The highest BCUT2D eigenvalue weighted by Crippen LogP contribution is 2.34. The lowest BCUT2D eigenvalue weighted by atomic mass is 9.83. The Bertz CT molecular complexity index is 827. The molecule has 0 N–H and O–H groups in total. The van der Waals surface area contributed by atoms with Crippen LogP contribution in [-0.2, 0) is 23.8 Å². The highest BCUT2D eigenvalue weighted by atomic mass is 32.2. The van der Waals surface area contributed by atoms with Gasteiger partial charge in [0.05, 0.1) is 25.0 Å². The Hall–Kier alpha value is -1.64. The number of likely N-dealkylation sites (tertiary alicyclic amines) is 1. The number of carbonyl (C=O) groups is 1. The van der Waals surface area contributed by atoms with Crippen molar-refractivity contribution >= 4 is 16.2 Å². The molecular formula is C23H35NO6S. The summed E-state index contributed by atoms with van der Waals surface area (Å²) in [5.41, 5.74) is 0.739. The number of hydrogen-bond donors (Lipinski definition) is 0. The second-order valence-corrected chi connectivity index (χ2v) is 11.2. The molecule has 0 bridgehead atoms. The van der Waals surface area contributed by atoms with Crippen LogP contribution >= 0.6 is 0 Å². The maximum atomic E-state index is 12.7. The van der Waals surface area contributed by atoms with Gasteiger partial charge >= 0.3 is 6.09 Å². The number of amides is 1. The molecule has 1 aliphatic heterocycles. The maximum absolute atomic E-state index is 12.7. The number of benzene rings is 1. The molecule has 1 aromatic rings. The van der Waals surface area contributed by atoms with Gasteiger partial charge in [0.2, 0.25) is 0 Å². The van der Waals surface area contributed by atoms with Crippen LogP contribution in [-0.4, -0.2) is 62.7 Å². The zero-order valence-corrected chi connectivity index (χ0v) is 19.8. The van der Waals surface area contributed by atoms with Gasteiger partial charge in [-0.15, -0.1) is 0 Å². The van der Waals surface area contributed by atoms with E-state index < -0.39 is 34.0 Å². The Morgan fingerprint density at radius 3 is 2.29 bits per heavy atom. The van der Waals surface area contributed by atoms with Crippen molar-refractivity contribution in [3.63, 3.8) is 0 Å². The fourth-order valence-electron chi connectivity index (χ4n) is 4.43. The fourth-order valence-corrected chi connectivity index (χ4v) is 5.10. The largest absolute Gasteiger partial charge is 0.444 e. The Morgan fingerprint density at radius 1 is 1.06 bits per heavy atom. The van der Waals surface area contributed by atoms with Gasteiger partial charge in [-0.05, 0) is 64.4 Å². The summed E-state index contributed by atoms with van der Waals surface area (Å²) in [6.45, 7) is 6.04. The summed E-state index contributed by atoms with van der Waals surface area (Å²) in [6.07, 6.45) is 4.47. The lowest BCUT2D eigenvalue weighted by Gasteiger charge is -2.33. The van der Waals surface area contributed by atoms with Crippen LogP contribution in [0.2, 0.25) is 0 Å². The van der Waals surface area contributed by atoms with Crippen molar-refractivity contribution in [2.75, 3.05) is 19.4 Å². The summed E-state index contributed by atoms with van der Waals surface area (Å²) < 4.78 is 40.4. The van der Waals surface area contributed by atoms with Crippen LogP contribution < -0.4 is 0 Å². The molecule has 7 nitrogen and oxygen atoms in total. The minimum atomic E-state index is -3.64. The van der Waals surface area contributed by atoms with Gasteiger partial charge in [0, 0.05) is 6.54 Å². The normalized spacial score (nSPS) is 27.3. The lowest BCUT2D eigenvalue weighted by molar-refractivity contribution is -0.0298. The van der Waals surface area contributed by atoms with E-state index in [4.69, 9.17) is 13.7 Å². The van der Waals surface area contributed by atoms with Crippen molar-refractivity contribution in [2.45, 2.75) is 82.6 Å². The Labute approximate surface area is 186 Å². The number of carbonyl (C=O) groups excluding carboxylic acids is 1. The molecule has 0 aromatic heterocycles. The van der Waals surface area contributed by atoms with E-state index >= 15 is 0 Å². The summed E-state index contributed by atoms with van der Waals surface area (Å²) in [7, 11) is -3.64.